The molecule has 0 bridgehead atoms. The van der Waals surface area contributed by atoms with E-state index < -0.39 is 0 Å². The van der Waals surface area contributed by atoms with E-state index in [1.165, 1.54) is 42.7 Å². The molecule has 2 aliphatic heterocycles. The molecule has 98 valence electrons. The molecule has 1 aromatic rings. The lowest BCUT2D eigenvalue weighted by Gasteiger charge is -2.43. The Balaban J connectivity index is 2.00. The maximum absolute atomic E-state index is 3.60. The van der Waals surface area contributed by atoms with Crippen molar-refractivity contribution in [1.82, 2.24) is 0 Å². The van der Waals surface area contributed by atoms with Crippen molar-refractivity contribution >= 4 is 11.4 Å². The van der Waals surface area contributed by atoms with Crippen molar-refractivity contribution < 1.29 is 0 Å². The van der Waals surface area contributed by atoms with Gasteiger partial charge in [-0.15, -0.1) is 0 Å². The fraction of sp³-hybridized carbons (Fsp3) is 0.625. The van der Waals surface area contributed by atoms with Gasteiger partial charge in [-0.05, 0) is 42.4 Å². The summed E-state index contributed by atoms with van der Waals surface area (Å²) in [5.41, 5.74) is 4.42. The summed E-state index contributed by atoms with van der Waals surface area (Å²) < 4.78 is 0. The van der Waals surface area contributed by atoms with Crippen molar-refractivity contribution in [3.05, 3.63) is 23.8 Å². The molecule has 0 spiro atoms. The Kier molecular flexibility index (Phi) is 2.76. The first kappa shape index (κ1) is 11.9. The predicted molar refractivity (Wildman–Crippen MR) is 78.6 cm³/mol. The van der Waals surface area contributed by atoms with Crippen LogP contribution in [0.4, 0.5) is 11.4 Å². The van der Waals surface area contributed by atoms with Gasteiger partial charge in [0.25, 0.3) is 0 Å². The van der Waals surface area contributed by atoms with Gasteiger partial charge in [0.05, 0.1) is 11.4 Å². The fourth-order valence-corrected chi connectivity index (χ4v) is 3.14. The molecule has 3 rings (SSSR count). The van der Waals surface area contributed by atoms with Crippen molar-refractivity contribution in [3.8, 4) is 0 Å². The van der Waals surface area contributed by atoms with Crippen molar-refractivity contribution in [2.75, 3.05) is 23.3 Å². The second-order valence-corrected chi connectivity index (χ2v) is 6.71. The SMILES string of the molecule is CC(C)(C)c1ccc2c(c1)N1CCCCC1CN2. The number of piperidine rings is 1. The van der Waals surface area contributed by atoms with E-state index in [0.717, 1.165) is 6.54 Å². The van der Waals surface area contributed by atoms with Crippen molar-refractivity contribution in [1.29, 1.82) is 0 Å². The van der Waals surface area contributed by atoms with Crippen LogP contribution in [0, 0.1) is 0 Å². The smallest absolute Gasteiger partial charge is 0.0608 e. The molecule has 1 atom stereocenters. The second kappa shape index (κ2) is 4.18. The van der Waals surface area contributed by atoms with Crippen molar-refractivity contribution in [2.24, 2.45) is 0 Å². The van der Waals surface area contributed by atoms with Crippen LogP contribution in [0.2, 0.25) is 0 Å². The van der Waals surface area contributed by atoms with Gasteiger partial charge in [0, 0.05) is 19.1 Å². The van der Waals surface area contributed by atoms with E-state index in [0.29, 0.717) is 6.04 Å². The Bertz CT molecular complexity index is 445. The maximum atomic E-state index is 3.60. The highest BCUT2D eigenvalue weighted by molar-refractivity contribution is 5.74. The molecule has 2 heterocycles. The highest BCUT2D eigenvalue weighted by atomic mass is 15.2. The van der Waals surface area contributed by atoms with Crippen LogP contribution in [0.5, 0.6) is 0 Å². The van der Waals surface area contributed by atoms with Gasteiger partial charge in [-0.3, -0.25) is 0 Å². The van der Waals surface area contributed by atoms with E-state index in [1.54, 1.807) is 0 Å². The minimum Gasteiger partial charge on any atom is -0.381 e. The molecule has 1 N–H and O–H groups in total. The molecule has 0 aromatic heterocycles. The van der Waals surface area contributed by atoms with Crippen molar-refractivity contribution in [3.63, 3.8) is 0 Å². The number of nitrogens with one attached hydrogen (secondary N) is 1. The van der Waals surface area contributed by atoms with E-state index in [4.69, 9.17) is 0 Å². The molecular formula is C16H24N2. The summed E-state index contributed by atoms with van der Waals surface area (Å²) in [5, 5.41) is 3.60. The molecular weight excluding hydrogens is 220 g/mol. The lowest BCUT2D eigenvalue weighted by atomic mass is 9.85. The zero-order valence-corrected chi connectivity index (χ0v) is 11.8. The van der Waals surface area contributed by atoms with Gasteiger partial charge in [0.1, 0.15) is 0 Å². The minimum atomic E-state index is 0.234. The summed E-state index contributed by atoms with van der Waals surface area (Å²) in [6, 6.07) is 7.65. The molecule has 1 fully saturated rings. The van der Waals surface area contributed by atoms with Gasteiger partial charge in [-0.2, -0.15) is 0 Å². The Morgan fingerprint density at radius 2 is 2.06 bits per heavy atom. The maximum Gasteiger partial charge on any atom is 0.0608 e. The van der Waals surface area contributed by atoms with E-state index in [-0.39, 0.29) is 5.41 Å². The van der Waals surface area contributed by atoms with Gasteiger partial charge in [-0.1, -0.05) is 26.8 Å². The summed E-state index contributed by atoms with van der Waals surface area (Å²) in [5.74, 6) is 0. The number of rotatable bonds is 0. The average molecular weight is 244 g/mol. The number of hydrogen-bond donors (Lipinski definition) is 1. The standard InChI is InChI=1S/C16H24N2/c1-16(2,3)12-7-8-14-15(10-12)18-9-5-4-6-13(18)11-17-14/h7-8,10,13,17H,4-6,9,11H2,1-3H3. The second-order valence-electron chi connectivity index (χ2n) is 6.71. The molecule has 0 aliphatic carbocycles. The topological polar surface area (TPSA) is 15.3 Å². The van der Waals surface area contributed by atoms with Gasteiger partial charge in [0.2, 0.25) is 0 Å². The van der Waals surface area contributed by atoms with Gasteiger partial charge in [0.15, 0.2) is 0 Å². The highest BCUT2D eigenvalue weighted by Gasteiger charge is 2.29. The Morgan fingerprint density at radius 1 is 1.22 bits per heavy atom. The summed E-state index contributed by atoms with van der Waals surface area (Å²) >= 11 is 0. The van der Waals surface area contributed by atoms with Crippen LogP contribution in [0.25, 0.3) is 0 Å². The monoisotopic (exact) mass is 244 g/mol. The van der Waals surface area contributed by atoms with Crippen LogP contribution in [0.1, 0.15) is 45.6 Å². The third-order valence-corrected chi connectivity index (χ3v) is 4.33. The first-order valence-electron chi connectivity index (χ1n) is 7.21. The molecule has 2 nitrogen and oxygen atoms in total. The molecule has 1 saturated heterocycles. The minimum absolute atomic E-state index is 0.234. The van der Waals surface area contributed by atoms with Gasteiger partial charge >= 0.3 is 0 Å². The lowest BCUT2D eigenvalue weighted by Crippen LogP contribution is -2.47. The highest BCUT2D eigenvalue weighted by Crippen LogP contribution is 2.38. The molecule has 0 amide bonds. The predicted octanol–water partition coefficient (Wildman–Crippen LogP) is 3.77. The van der Waals surface area contributed by atoms with Crippen LogP contribution < -0.4 is 10.2 Å². The third kappa shape index (κ3) is 1.98. The van der Waals surface area contributed by atoms with Crippen LogP contribution >= 0.6 is 0 Å². The first-order chi connectivity index (χ1) is 8.55. The normalized spacial score (nSPS) is 23.1. The largest absolute Gasteiger partial charge is 0.381 e. The number of fused-ring (bicyclic) bond motifs is 3. The fourth-order valence-electron chi connectivity index (χ4n) is 3.14. The van der Waals surface area contributed by atoms with E-state index >= 15 is 0 Å². The quantitative estimate of drug-likeness (QED) is 0.747. The summed E-state index contributed by atoms with van der Waals surface area (Å²) in [6.45, 7) is 9.21. The average Bonchev–Trinajstić information content (AvgIpc) is 2.37. The van der Waals surface area contributed by atoms with E-state index in [1.807, 2.05) is 0 Å². The third-order valence-electron chi connectivity index (χ3n) is 4.33. The van der Waals surface area contributed by atoms with E-state index in [2.05, 4.69) is 49.2 Å². The Labute approximate surface area is 110 Å². The van der Waals surface area contributed by atoms with E-state index in [9.17, 15) is 0 Å². The molecule has 0 radical (unpaired) electrons. The molecule has 18 heavy (non-hydrogen) atoms. The van der Waals surface area contributed by atoms with Crippen LogP contribution in [-0.2, 0) is 5.41 Å². The zero-order chi connectivity index (χ0) is 12.8. The van der Waals surface area contributed by atoms with Gasteiger partial charge < -0.3 is 10.2 Å². The molecule has 1 aromatic carbocycles. The number of nitrogens with zero attached hydrogens (tertiary/aromatic N) is 1. The zero-order valence-electron chi connectivity index (χ0n) is 11.8. The van der Waals surface area contributed by atoms with Gasteiger partial charge in [-0.25, -0.2) is 0 Å². The number of hydrogen-bond acceptors (Lipinski definition) is 2. The molecule has 0 saturated carbocycles. The Morgan fingerprint density at radius 3 is 2.83 bits per heavy atom. The lowest BCUT2D eigenvalue weighted by molar-refractivity contribution is 0.465. The molecule has 1 unspecified atom stereocenters. The summed E-state index contributed by atoms with van der Waals surface area (Å²) in [7, 11) is 0. The first-order valence-corrected chi connectivity index (χ1v) is 7.21. The van der Waals surface area contributed by atoms with Crippen LogP contribution in [-0.4, -0.2) is 19.1 Å². The summed E-state index contributed by atoms with van der Waals surface area (Å²) in [4.78, 5) is 2.63. The number of benzene rings is 1. The summed E-state index contributed by atoms with van der Waals surface area (Å²) in [6.07, 6.45) is 4.07. The molecule has 2 aliphatic rings. The number of anilines is 2. The van der Waals surface area contributed by atoms with Crippen LogP contribution in [0.3, 0.4) is 0 Å². The Hall–Kier alpha value is -1.18. The van der Waals surface area contributed by atoms with Crippen LogP contribution in [0.15, 0.2) is 18.2 Å². The molecule has 2 heteroatoms. The van der Waals surface area contributed by atoms with Crippen molar-refractivity contribution in [2.45, 2.75) is 51.5 Å².